The third-order valence-corrected chi connectivity index (χ3v) is 3.80. The fourth-order valence-electron chi connectivity index (χ4n) is 2.46. The third kappa shape index (κ3) is 5.21. The maximum absolute atomic E-state index is 12.2. The first kappa shape index (κ1) is 19.8. The Labute approximate surface area is 155 Å². The maximum Gasteiger partial charge on any atom is 0.335 e. The third-order valence-electron chi connectivity index (χ3n) is 3.80. The average molecular weight is 373 g/mol. The Morgan fingerprint density at radius 1 is 0.889 bits per heavy atom. The number of carboxylic acid groups (broad SMARTS) is 2. The van der Waals surface area contributed by atoms with Gasteiger partial charge in [-0.1, -0.05) is 6.07 Å². The van der Waals surface area contributed by atoms with Crippen LogP contribution in [0.1, 0.15) is 32.7 Å². The van der Waals surface area contributed by atoms with Crippen molar-refractivity contribution in [2.45, 2.75) is 12.8 Å². The summed E-state index contributed by atoms with van der Waals surface area (Å²) in [6, 6.07) is 8.76. The van der Waals surface area contributed by atoms with E-state index in [-0.39, 0.29) is 29.1 Å². The number of hydrogen-bond donors (Lipinski definition) is 3. The van der Waals surface area contributed by atoms with E-state index in [9.17, 15) is 14.4 Å². The van der Waals surface area contributed by atoms with Gasteiger partial charge in [0.25, 0.3) is 0 Å². The Morgan fingerprint density at radius 2 is 1.48 bits per heavy atom. The molecule has 0 fully saturated rings. The van der Waals surface area contributed by atoms with Gasteiger partial charge in [0, 0.05) is 12.1 Å². The lowest BCUT2D eigenvalue weighted by molar-refractivity contribution is -0.116. The van der Waals surface area contributed by atoms with Crippen molar-refractivity contribution < 1.29 is 34.1 Å². The van der Waals surface area contributed by atoms with Crippen LogP contribution >= 0.6 is 0 Å². The lowest BCUT2D eigenvalue weighted by Crippen LogP contribution is -2.14. The minimum absolute atomic E-state index is 0.115. The van der Waals surface area contributed by atoms with Gasteiger partial charge in [0.15, 0.2) is 11.5 Å². The van der Waals surface area contributed by atoms with Crippen molar-refractivity contribution >= 4 is 23.5 Å². The summed E-state index contributed by atoms with van der Waals surface area (Å²) in [4.78, 5) is 34.4. The molecular weight excluding hydrogens is 354 g/mol. The molecule has 0 atom stereocenters. The first-order chi connectivity index (χ1) is 12.8. The number of carboxylic acids is 2. The van der Waals surface area contributed by atoms with Gasteiger partial charge in [0.1, 0.15) is 0 Å². The molecule has 1 amide bonds. The molecule has 0 radical (unpaired) electrons. The second kappa shape index (κ2) is 8.70. The summed E-state index contributed by atoms with van der Waals surface area (Å²) in [7, 11) is 3.05. The molecule has 0 heterocycles. The van der Waals surface area contributed by atoms with Crippen LogP contribution in [0.3, 0.4) is 0 Å². The van der Waals surface area contributed by atoms with Gasteiger partial charge in [-0.25, -0.2) is 9.59 Å². The van der Waals surface area contributed by atoms with Gasteiger partial charge in [-0.05, 0) is 42.3 Å². The van der Waals surface area contributed by atoms with Crippen LogP contribution in [0.15, 0.2) is 36.4 Å². The maximum atomic E-state index is 12.2. The fraction of sp³-hybridized carbons (Fsp3) is 0.211. The van der Waals surface area contributed by atoms with Crippen molar-refractivity contribution in [2.75, 3.05) is 19.5 Å². The van der Waals surface area contributed by atoms with Gasteiger partial charge >= 0.3 is 11.9 Å². The van der Waals surface area contributed by atoms with Crippen molar-refractivity contribution in [3.63, 3.8) is 0 Å². The molecule has 8 nitrogen and oxygen atoms in total. The second-order valence-electron chi connectivity index (χ2n) is 5.65. The van der Waals surface area contributed by atoms with E-state index in [0.29, 0.717) is 17.9 Å². The SMILES string of the molecule is COc1ccc(CCC(=O)Nc2cc(C(=O)O)cc(C(=O)O)c2)cc1OC. The highest BCUT2D eigenvalue weighted by atomic mass is 16.5. The Kier molecular flexibility index (Phi) is 6.37. The lowest BCUT2D eigenvalue weighted by Gasteiger charge is -2.10. The standard InChI is InChI=1S/C19H19NO7/c1-26-15-5-3-11(7-16(15)27-2)4-6-17(21)20-14-9-12(18(22)23)8-13(10-14)19(24)25/h3,5,7-10H,4,6H2,1-2H3,(H,20,21)(H,22,23)(H,24,25). The van der Waals surface area contributed by atoms with Crippen molar-refractivity contribution in [3.8, 4) is 11.5 Å². The number of methoxy groups -OCH3 is 2. The molecule has 0 saturated carbocycles. The zero-order valence-electron chi connectivity index (χ0n) is 14.8. The van der Waals surface area contributed by atoms with E-state index in [1.807, 2.05) is 6.07 Å². The van der Waals surface area contributed by atoms with E-state index in [1.165, 1.54) is 26.4 Å². The number of hydrogen-bond acceptors (Lipinski definition) is 5. The molecule has 0 aliphatic carbocycles. The number of aryl methyl sites for hydroxylation is 1. The highest BCUT2D eigenvalue weighted by Crippen LogP contribution is 2.28. The normalized spacial score (nSPS) is 10.1. The zero-order valence-corrected chi connectivity index (χ0v) is 14.8. The molecule has 0 unspecified atom stereocenters. The van der Waals surface area contributed by atoms with Gasteiger partial charge in [0.05, 0.1) is 25.3 Å². The van der Waals surface area contributed by atoms with Crippen LogP contribution in [0, 0.1) is 0 Å². The van der Waals surface area contributed by atoms with E-state index >= 15 is 0 Å². The molecule has 0 bridgehead atoms. The predicted molar refractivity (Wildman–Crippen MR) is 96.9 cm³/mol. The number of carbonyl (C=O) groups excluding carboxylic acids is 1. The predicted octanol–water partition coefficient (Wildman–Crippen LogP) is 2.67. The van der Waals surface area contributed by atoms with Crippen LogP contribution in [0.25, 0.3) is 0 Å². The molecule has 2 rings (SSSR count). The largest absolute Gasteiger partial charge is 0.493 e. The molecule has 2 aromatic carbocycles. The van der Waals surface area contributed by atoms with Crippen LogP contribution in [0.4, 0.5) is 5.69 Å². The molecular formula is C19H19NO7. The Hall–Kier alpha value is -3.55. The summed E-state index contributed by atoms with van der Waals surface area (Å²) < 4.78 is 10.4. The summed E-state index contributed by atoms with van der Waals surface area (Å²) in [5.41, 5.74) is 0.535. The number of benzene rings is 2. The number of ether oxygens (including phenoxy) is 2. The van der Waals surface area contributed by atoms with Crippen LogP contribution in [-0.4, -0.2) is 42.3 Å². The Balaban J connectivity index is 2.07. The topological polar surface area (TPSA) is 122 Å². The first-order valence-corrected chi connectivity index (χ1v) is 7.96. The van der Waals surface area contributed by atoms with Crippen LogP contribution in [-0.2, 0) is 11.2 Å². The minimum atomic E-state index is -1.28. The van der Waals surface area contributed by atoms with Crippen molar-refractivity contribution in [1.82, 2.24) is 0 Å². The quantitative estimate of drug-likeness (QED) is 0.650. The molecule has 0 aromatic heterocycles. The second-order valence-corrected chi connectivity index (χ2v) is 5.65. The highest BCUT2D eigenvalue weighted by Gasteiger charge is 2.13. The number of aromatic carboxylic acids is 2. The molecule has 142 valence electrons. The van der Waals surface area contributed by atoms with Gasteiger partial charge < -0.3 is 25.0 Å². The van der Waals surface area contributed by atoms with E-state index in [1.54, 1.807) is 12.1 Å². The smallest absolute Gasteiger partial charge is 0.335 e. The molecule has 27 heavy (non-hydrogen) atoms. The first-order valence-electron chi connectivity index (χ1n) is 7.96. The van der Waals surface area contributed by atoms with Crippen LogP contribution in [0.5, 0.6) is 11.5 Å². The van der Waals surface area contributed by atoms with Gasteiger partial charge in [-0.15, -0.1) is 0 Å². The Bertz CT molecular complexity index is 844. The number of carbonyl (C=O) groups is 3. The summed E-state index contributed by atoms with van der Waals surface area (Å²) >= 11 is 0. The van der Waals surface area contributed by atoms with Gasteiger partial charge in [0.2, 0.25) is 5.91 Å². The summed E-state index contributed by atoms with van der Waals surface area (Å²) in [6.07, 6.45) is 0.534. The summed E-state index contributed by atoms with van der Waals surface area (Å²) in [5.74, 6) is -1.80. The molecule has 0 aliphatic rings. The summed E-state index contributed by atoms with van der Waals surface area (Å²) in [5, 5.41) is 20.7. The number of nitrogens with one attached hydrogen (secondary N) is 1. The van der Waals surface area contributed by atoms with E-state index in [4.69, 9.17) is 19.7 Å². The summed E-state index contributed by atoms with van der Waals surface area (Å²) in [6.45, 7) is 0. The van der Waals surface area contributed by atoms with Crippen LogP contribution < -0.4 is 14.8 Å². The van der Waals surface area contributed by atoms with E-state index in [0.717, 1.165) is 11.6 Å². The van der Waals surface area contributed by atoms with E-state index in [2.05, 4.69) is 5.32 Å². The molecule has 2 aromatic rings. The Morgan fingerprint density at radius 3 is 2.00 bits per heavy atom. The number of rotatable bonds is 8. The van der Waals surface area contributed by atoms with E-state index < -0.39 is 11.9 Å². The lowest BCUT2D eigenvalue weighted by atomic mass is 10.1. The minimum Gasteiger partial charge on any atom is -0.493 e. The van der Waals surface area contributed by atoms with Crippen LogP contribution in [0.2, 0.25) is 0 Å². The monoisotopic (exact) mass is 373 g/mol. The number of amides is 1. The molecule has 8 heteroatoms. The van der Waals surface area contributed by atoms with Gasteiger partial charge in [-0.2, -0.15) is 0 Å². The molecule has 0 saturated heterocycles. The number of anilines is 1. The molecule has 0 spiro atoms. The van der Waals surface area contributed by atoms with Crippen molar-refractivity contribution in [3.05, 3.63) is 53.1 Å². The molecule has 3 N–H and O–H groups in total. The van der Waals surface area contributed by atoms with Crippen molar-refractivity contribution in [2.24, 2.45) is 0 Å². The average Bonchev–Trinajstić information content (AvgIpc) is 2.65. The highest BCUT2D eigenvalue weighted by molar-refractivity contribution is 5.98. The zero-order chi connectivity index (χ0) is 20.0. The fourth-order valence-corrected chi connectivity index (χ4v) is 2.46. The molecule has 0 aliphatic heterocycles. The van der Waals surface area contributed by atoms with Crippen molar-refractivity contribution in [1.29, 1.82) is 0 Å². The van der Waals surface area contributed by atoms with Gasteiger partial charge in [-0.3, -0.25) is 4.79 Å².